The minimum absolute atomic E-state index is 0. The standard InChI is InChI=1S/C18H16N6O5S.Na/c1-2-29-18(28)22-4-3-11-9(7-22)6-19-17-20-13(21-24(11)17)5-10-14(25)23-12(16(26)27)8-30-15(10)23;/h5-6,8,15H,2-4,7H2,1H3,(H,26,27);/q;+1/p-1/b10-5-;/t15-;/m1./s1. The zero-order valence-electron chi connectivity index (χ0n) is 16.8. The van der Waals surface area contributed by atoms with E-state index >= 15 is 0 Å². The van der Waals surface area contributed by atoms with Gasteiger partial charge in [0.25, 0.3) is 11.7 Å². The fourth-order valence-corrected chi connectivity index (χ4v) is 4.80. The van der Waals surface area contributed by atoms with Crippen molar-refractivity contribution < 1.29 is 53.8 Å². The van der Waals surface area contributed by atoms with Gasteiger partial charge in [-0.2, -0.15) is 4.98 Å². The van der Waals surface area contributed by atoms with Gasteiger partial charge in [-0.3, -0.25) is 9.69 Å². The SMILES string of the molecule is CCOC(=O)N1CCc2c(cnc3nc(/C=C4/C(=O)N5C(C(=O)[O-])=CS[C@H]45)nn23)C1.[Na+]. The Kier molecular flexibility index (Phi) is 5.81. The molecule has 2 aromatic heterocycles. The largest absolute Gasteiger partial charge is 1.00 e. The Labute approximate surface area is 202 Å². The Hall–Kier alpha value is -2.41. The van der Waals surface area contributed by atoms with Crippen molar-refractivity contribution in [1.82, 2.24) is 29.4 Å². The van der Waals surface area contributed by atoms with Crippen molar-refractivity contribution >= 4 is 41.6 Å². The van der Waals surface area contributed by atoms with Gasteiger partial charge in [0.1, 0.15) is 5.37 Å². The molecule has 1 fully saturated rings. The number of aliphatic carboxylic acids is 1. The fourth-order valence-electron chi connectivity index (χ4n) is 3.68. The van der Waals surface area contributed by atoms with E-state index in [2.05, 4.69) is 15.1 Å². The number of fused-ring (bicyclic) bond motifs is 4. The molecule has 2 aromatic rings. The number of hydrogen-bond acceptors (Lipinski definition) is 9. The molecule has 1 atom stereocenters. The molecule has 0 spiro atoms. The van der Waals surface area contributed by atoms with Crippen LogP contribution in [0.4, 0.5) is 4.79 Å². The number of thioether (sulfide) groups is 1. The molecule has 1 saturated heterocycles. The number of carboxylic acid groups (broad SMARTS) is 1. The maximum Gasteiger partial charge on any atom is 1.00 e. The number of ether oxygens (including phenoxy) is 1. The van der Waals surface area contributed by atoms with Crippen LogP contribution >= 0.6 is 11.8 Å². The quantitative estimate of drug-likeness (QED) is 0.266. The Morgan fingerprint density at radius 1 is 1.42 bits per heavy atom. The Balaban J connectivity index is 0.00000231. The third kappa shape index (κ3) is 3.53. The summed E-state index contributed by atoms with van der Waals surface area (Å²) < 4.78 is 6.68. The van der Waals surface area contributed by atoms with Crippen molar-refractivity contribution in [2.24, 2.45) is 0 Å². The van der Waals surface area contributed by atoms with Crippen LogP contribution in [0.15, 0.2) is 22.9 Å². The van der Waals surface area contributed by atoms with Gasteiger partial charge in [0.2, 0.25) is 0 Å². The average molecular weight is 450 g/mol. The summed E-state index contributed by atoms with van der Waals surface area (Å²) in [5.74, 6) is -1.08. The van der Waals surface area contributed by atoms with Crippen LogP contribution < -0.4 is 34.7 Å². The van der Waals surface area contributed by atoms with Crippen molar-refractivity contribution in [3.05, 3.63) is 40.0 Å². The van der Waals surface area contributed by atoms with E-state index in [1.54, 1.807) is 28.6 Å². The second kappa shape index (κ2) is 8.26. The van der Waals surface area contributed by atoms with Gasteiger partial charge in [0, 0.05) is 24.7 Å². The van der Waals surface area contributed by atoms with Gasteiger partial charge in [0.15, 0.2) is 5.82 Å². The molecule has 3 aliphatic rings. The molecule has 0 saturated carbocycles. The molecule has 0 unspecified atom stereocenters. The van der Waals surface area contributed by atoms with Crippen LogP contribution in [-0.2, 0) is 27.3 Å². The monoisotopic (exact) mass is 450 g/mol. The van der Waals surface area contributed by atoms with E-state index in [0.29, 0.717) is 43.3 Å². The molecule has 5 heterocycles. The second-order valence-electron chi connectivity index (χ2n) is 6.84. The third-order valence-corrected chi connectivity index (χ3v) is 6.18. The van der Waals surface area contributed by atoms with E-state index in [9.17, 15) is 19.5 Å². The Morgan fingerprint density at radius 3 is 2.97 bits per heavy atom. The first-order valence-electron chi connectivity index (χ1n) is 9.25. The fraction of sp³-hybridized carbons (Fsp3) is 0.333. The summed E-state index contributed by atoms with van der Waals surface area (Å²) in [4.78, 5) is 46.9. The van der Waals surface area contributed by atoms with E-state index < -0.39 is 17.3 Å². The van der Waals surface area contributed by atoms with E-state index in [1.165, 1.54) is 22.1 Å². The summed E-state index contributed by atoms with van der Waals surface area (Å²) in [7, 11) is 0. The van der Waals surface area contributed by atoms with Crippen LogP contribution in [0.25, 0.3) is 11.9 Å². The molecule has 0 radical (unpaired) electrons. The van der Waals surface area contributed by atoms with Gasteiger partial charge in [0.05, 0.1) is 36.1 Å². The first-order chi connectivity index (χ1) is 14.5. The molecular formula is C18H15N6NaO5S. The molecule has 0 N–H and O–H groups in total. The van der Waals surface area contributed by atoms with Crippen molar-refractivity contribution in [3.63, 3.8) is 0 Å². The van der Waals surface area contributed by atoms with E-state index in [1.807, 2.05) is 0 Å². The van der Waals surface area contributed by atoms with Gasteiger partial charge in [-0.15, -0.1) is 16.9 Å². The third-order valence-electron chi connectivity index (χ3n) is 5.10. The number of carboxylic acids is 1. The van der Waals surface area contributed by atoms with E-state index in [4.69, 9.17) is 4.74 Å². The van der Waals surface area contributed by atoms with Crippen LogP contribution in [0.3, 0.4) is 0 Å². The van der Waals surface area contributed by atoms with Crippen molar-refractivity contribution in [2.75, 3.05) is 13.2 Å². The van der Waals surface area contributed by atoms with Gasteiger partial charge < -0.3 is 19.5 Å². The molecule has 2 amide bonds. The van der Waals surface area contributed by atoms with Gasteiger partial charge in [-0.25, -0.2) is 14.3 Å². The van der Waals surface area contributed by atoms with Crippen LogP contribution in [-0.4, -0.2) is 65.9 Å². The Bertz CT molecular complexity index is 1180. The van der Waals surface area contributed by atoms with Gasteiger partial charge in [-0.1, -0.05) is 0 Å². The summed E-state index contributed by atoms with van der Waals surface area (Å²) >= 11 is 1.22. The topological polar surface area (TPSA) is 133 Å². The van der Waals surface area contributed by atoms with Crippen LogP contribution in [0.5, 0.6) is 0 Å². The first-order valence-corrected chi connectivity index (χ1v) is 10.2. The second-order valence-corrected chi connectivity index (χ2v) is 7.79. The van der Waals surface area contributed by atoms with Gasteiger partial charge >= 0.3 is 35.7 Å². The molecule has 154 valence electrons. The summed E-state index contributed by atoms with van der Waals surface area (Å²) in [5, 5.41) is 16.5. The molecule has 0 aromatic carbocycles. The summed E-state index contributed by atoms with van der Waals surface area (Å²) in [6, 6.07) is 0. The normalized spacial score (nSPS) is 20.7. The maximum atomic E-state index is 12.3. The van der Waals surface area contributed by atoms with Crippen LogP contribution in [0.2, 0.25) is 0 Å². The van der Waals surface area contributed by atoms with Crippen LogP contribution in [0, 0.1) is 0 Å². The summed E-state index contributed by atoms with van der Waals surface area (Å²) in [6.07, 6.45) is 3.42. The number of rotatable bonds is 3. The predicted octanol–water partition coefficient (Wildman–Crippen LogP) is -3.47. The molecule has 31 heavy (non-hydrogen) atoms. The minimum Gasteiger partial charge on any atom is -0.543 e. The Morgan fingerprint density at radius 2 is 2.23 bits per heavy atom. The van der Waals surface area contributed by atoms with Crippen LogP contribution in [0.1, 0.15) is 24.0 Å². The minimum atomic E-state index is -1.38. The molecule has 0 bridgehead atoms. The maximum absolute atomic E-state index is 12.3. The summed E-state index contributed by atoms with van der Waals surface area (Å²) in [5.41, 5.74) is 2.05. The smallest absolute Gasteiger partial charge is 0.543 e. The number of aromatic nitrogens is 4. The zero-order valence-corrected chi connectivity index (χ0v) is 19.6. The van der Waals surface area contributed by atoms with Gasteiger partial charge in [-0.05, 0) is 18.4 Å². The molecule has 13 heteroatoms. The molecule has 0 aliphatic carbocycles. The number of amides is 2. The number of nitrogens with zero attached hydrogens (tertiary/aromatic N) is 6. The first kappa shape index (κ1) is 21.8. The van der Waals surface area contributed by atoms with Crippen molar-refractivity contribution in [3.8, 4) is 0 Å². The number of hydrogen-bond donors (Lipinski definition) is 0. The summed E-state index contributed by atoms with van der Waals surface area (Å²) in [6.45, 7) is 2.94. The average Bonchev–Trinajstić information content (AvgIpc) is 3.33. The molecule has 3 aliphatic heterocycles. The number of carbonyl (C=O) groups excluding carboxylic acids is 3. The van der Waals surface area contributed by atoms with E-state index in [-0.39, 0.29) is 41.3 Å². The molecular weight excluding hydrogens is 435 g/mol. The van der Waals surface area contributed by atoms with E-state index in [0.717, 1.165) is 11.3 Å². The van der Waals surface area contributed by atoms with Crippen molar-refractivity contribution in [2.45, 2.75) is 25.3 Å². The van der Waals surface area contributed by atoms with Crippen molar-refractivity contribution in [1.29, 1.82) is 0 Å². The number of β-lactam (4-membered cyclic amide) rings is 1. The zero-order chi connectivity index (χ0) is 21.0. The number of carbonyl (C=O) groups is 3. The molecule has 5 rings (SSSR count). The predicted molar refractivity (Wildman–Crippen MR) is 101 cm³/mol. The molecule has 11 nitrogen and oxygen atoms in total.